The van der Waals surface area contributed by atoms with Crippen LogP contribution in [0.4, 0.5) is 0 Å². The molecule has 0 spiro atoms. The first kappa shape index (κ1) is 18.3. The lowest BCUT2D eigenvalue weighted by molar-refractivity contribution is 0.399. The van der Waals surface area contributed by atoms with Crippen molar-refractivity contribution in [1.82, 2.24) is 0 Å². The smallest absolute Gasteiger partial charge is 0.201 e. The largest absolute Gasteiger partial charge is 0.496 e. The van der Waals surface area contributed by atoms with E-state index in [2.05, 4.69) is 0 Å². The lowest BCUT2D eigenvalue weighted by atomic mass is 9.90. The van der Waals surface area contributed by atoms with Gasteiger partial charge in [-0.15, -0.1) is 0 Å². The summed E-state index contributed by atoms with van der Waals surface area (Å²) in [6.07, 6.45) is 0. The molecular formula is C18H19Cl3O2. The highest BCUT2D eigenvalue weighted by atomic mass is 35.6. The van der Waals surface area contributed by atoms with Gasteiger partial charge in [0.05, 0.1) is 20.1 Å². The highest BCUT2D eigenvalue weighted by Crippen LogP contribution is 2.50. The fourth-order valence-corrected chi connectivity index (χ4v) is 3.34. The molecule has 5 heteroatoms. The fraction of sp³-hybridized carbons (Fsp3) is 0.333. The average Bonchev–Trinajstić information content (AvgIpc) is 2.48. The molecule has 0 aliphatic heterocycles. The number of aryl methyl sites for hydroxylation is 2. The number of hydrogen-bond acceptors (Lipinski definition) is 2. The molecule has 124 valence electrons. The number of benzene rings is 2. The number of halogens is 3. The Morgan fingerprint density at radius 2 is 1.17 bits per heavy atom. The van der Waals surface area contributed by atoms with E-state index in [1.54, 1.807) is 14.2 Å². The second kappa shape index (κ2) is 7.21. The Morgan fingerprint density at radius 3 is 1.48 bits per heavy atom. The van der Waals surface area contributed by atoms with Crippen molar-refractivity contribution >= 4 is 34.8 Å². The van der Waals surface area contributed by atoms with Crippen molar-refractivity contribution in [3.8, 4) is 11.5 Å². The van der Waals surface area contributed by atoms with Gasteiger partial charge >= 0.3 is 0 Å². The molecule has 0 fully saturated rings. The molecule has 0 atom stereocenters. The van der Waals surface area contributed by atoms with Crippen molar-refractivity contribution in [3.05, 3.63) is 58.7 Å². The van der Waals surface area contributed by atoms with Crippen molar-refractivity contribution in [1.29, 1.82) is 0 Å². The summed E-state index contributed by atoms with van der Waals surface area (Å²) in [6, 6.07) is 11.7. The third kappa shape index (κ3) is 4.06. The minimum absolute atomic E-state index is 0.515. The molecule has 2 aromatic carbocycles. The van der Waals surface area contributed by atoms with Crippen molar-refractivity contribution in [2.75, 3.05) is 14.2 Å². The Bertz CT molecular complexity index is 640. The molecule has 2 nitrogen and oxygen atoms in total. The molecule has 0 heterocycles. The van der Waals surface area contributed by atoms with Crippen LogP contribution in [0.2, 0.25) is 0 Å². The third-order valence-corrected chi connectivity index (χ3v) is 4.38. The van der Waals surface area contributed by atoms with E-state index in [9.17, 15) is 0 Å². The molecule has 0 unspecified atom stereocenters. The topological polar surface area (TPSA) is 18.5 Å². The van der Waals surface area contributed by atoms with Gasteiger partial charge in [0.1, 0.15) is 11.5 Å². The fourth-order valence-electron chi connectivity index (χ4n) is 2.63. The van der Waals surface area contributed by atoms with Gasteiger partial charge in [-0.3, -0.25) is 0 Å². The minimum Gasteiger partial charge on any atom is -0.496 e. The highest BCUT2D eigenvalue weighted by molar-refractivity contribution is 6.68. The minimum atomic E-state index is -1.55. The number of ether oxygens (including phenoxy) is 2. The normalized spacial score (nSPS) is 11.7. The van der Waals surface area contributed by atoms with Crippen molar-refractivity contribution in [3.63, 3.8) is 0 Å². The lowest BCUT2D eigenvalue weighted by Crippen LogP contribution is -2.20. The Morgan fingerprint density at radius 1 is 0.783 bits per heavy atom. The molecule has 0 amide bonds. The lowest BCUT2D eigenvalue weighted by Gasteiger charge is -2.28. The van der Waals surface area contributed by atoms with E-state index in [0.717, 1.165) is 22.3 Å². The molecule has 0 saturated carbocycles. The third-order valence-electron chi connectivity index (χ3n) is 3.73. The summed E-state index contributed by atoms with van der Waals surface area (Å²) in [5.74, 6) is 0.853. The van der Waals surface area contributed by atoms with Crippen LogP contribution < -0.4 is 9.47 Å². The van der Waals surface area contributed by atoms with Crippen LogP contribution in [-0.4, -0.2) is 18.0 Å². The van der Waals surface area contributed by atoms with E-state index in [-0.39, 0.29) is 0 Å². The van der Waals surface area contributed by atoms with Crippen LogP contribution in [0.5, 0.6) is 11.5 Å². The second-order valence-corrected chi connectivity index (χ2v) is 7.83. The van der Waals surface area contributed by atoms with Gasteiger partial charge in [0, 0.05) is 11.1 Å². The molecule has 2 aromatic rings. The summed E-state index contributed by atoms with van der Waals surface area (Å²) in [5, 5.41) is 0. The average molecular weight is 374 g/mol. The van der Waals surface area contributed by atoms with Crippen molar-refractivity contribution in [2.24, 2.45) is 0 Å². The SMILES string of the molecule is COc1cc(C)ccc1C(c1ccc(C)cc1OC)C(Cl)(Cl)Cl. The molecule has 0 radical (unpaired) electrons. The first-order valence-electron chi connectivity index (χ1n) is 7.13. The zero-order valence-corrected chi connectivity index (χ0v) is 15.8. The summed E-state index contributed by atoms with van der Waals surface area (Å²) in [4.78, 5) is 0. The van der Waals surface area contributed by atoms with E-state index < -0.39 is 9.71 Å². The maximum atomic E-state index is 6.33. The van der Waals surface area contributed by atoms with Gasteiger partial charge in [0.2, 0.25) is 3.79 Å². The van der Waals surface area contributed by atoms with Crippen LogP contribution in [0.15, 0.2) is 36.4 Å². The molecular weight excluding hydrogens is 355 g/mol. The van der Waals surface area contributed by atoms with Crippen LogP contribution in [-0.2, 0) is 0 Å². The Hall–Kier alpha value is -1.09. The number of methoxy groups -OCH3 is 2. The van der Waals surface area contributed by atoms with Crippen molar-refractivity contribution < 1.29 is 9.47 Å². The maximum Gasteiger partial charge on any atom is 0.201 e. The predicted molar refractivity (Wildman–Crippen MR) is 97.6 cm³/mol. The summed E-state index contributed by atoms with van der Waals surface area (Å²) in [7, 11) is 3.22. The van der Waals surface area contributed by atoms with Crippen LogP contribution in [0, 0.1) is 13.8 Å². The van der Waals surface area contributed by atoms with E-state index in [1.165, 1.54) is 0 Å². The Balaban J connectivity index is 2.69. The zero-order valence-electron chi connectivity index (χ0n) is 13.5. The zero-order chi connectivity index (χ0) is 17.2. The molecule has 0 N–H and O–H groups in total. The molecule has 0 saturated heterocycles. The van der Waals surface area contributed by atoms with Gasteiger partial charge in [-0.05, 0) is 37.1 Å². The predicted octanol–water partition coefficient (Wildman–Crippen LogP) is 5.82. The quantitative estimate of drug-likeness (QED) is 0.628. The molecule has 0 aromatic heterocycles. The maximum absolute atomic E-state index is 6.33. The van der Waals surface area contributed by atoms with Gasteiger partial charge in [-0.2, -0.15) is 0 Å². The van der Waals surface area contributed by atoms with E-state index in [1.807, 2.05) is 50.2 Å². The summed E-state index contributed by atoms with van der Waals surface area (Å²) < 4.78 is 9.46. The molecule has 0 aliphatic carbocycles. The van der Waals surface area contributed by atoms with Crippen LogP contribution >= 0.6 is 34.8 Å². The van der Waals surface area contributed by atoms with Crippen LogP contribution in [0.3, 0.4) is 0 Å². The Labute approximate surface area is 152 Å². The summed E-state index contributed by atoms with van der Waals surface area (Å²) in [5.41, 5.74) is 3.76. The number of hydrogen-bond donors (Lipinski definition) is 0. The van der Waals surface area contributed by atoms with E-state index in [0.29, 0.717) is 11.5 Å². The standard InChI is InChI=1S/C18H19Cl3O2/c1-11-5-7-13(15(9-11)22-3)17(18(19,20)21)14-8-6-12(2)10-16(14)23-4/h5-10,17H,1-4H3. The summed E-state index contributed by atoms with van der Waals surface area (Å²) >= 11 is 19.0. The van der Waals surface area contributed by atoms with Gasteiger partial charge in [0.15, 0.2) is 0 Å². The monoisotopic (exact) mass is 372 g/mol. The van der Waals surface area contributed by atoms with Gasteiger partial charge in [-0.1, -0.05) is 59.1 Å². The summed E-state index contributed by atoms with van der Waals surface area (Å²) in [6.45, 7) is 3.98. The molecule has 2 rings (SSSR count). The molecule has 0 aliphatic rings. The van der Waals surface area contributed by atoms with Gasteiger partial charge in [-0.25, -0.2) is 0 Å². The Kier molecular flexibility index (Phi) is 5.72. The number of rotatable bonds is 4. The van der Waals surface area contributed by atoms with Crippen LogP contribution in [0.25, 0.3) is 0 Å². The number of alkyl halides is 3. The highest BCUT2D eigenvalue weighted by Gasteiger charge is 2.38. The van der Waals surface area contributed by atoms with Crippen molar-refractivity contribution in [2.45, 2.75) is 23.6 Å². The van der Waals surface area contributed by atoms with E-state index in [4.69, 9.17) is 44.3 Å². The molecule has 0 bridgehead atoms. The molecule has 23 heavy (non-hydrogen) atoms. The first-order valence-corrected chi connectivity index (χ1v) is 8.27. The van der Waals surface area contributed by atoms with Crippen LogP contribution in [0.1, 0.15) is 28.2 Å². The second-order valence-electron chi connectivity index (χ2n) is 5.47. The van der Waals surface area contributed by atoms with Gasteiger partial charge < -0.3 is 9.47 Å². The van der Waals surface area contributed by atoms with Gasteiger partial charge in [0.25, 0.3) is 0 Å². The first-order chi connectivity index (χ1) is 10.8. The van der Waals surface area contributed by atoms with E-state index >= 15 is 0 Å².